The maximum Gasteiger partial charge on any atom is 0.300 e. The van der Waals surface area contributed by atoms with E-state index in [0.717, 1.165) is 0 Å². The lowest BCUT2D eigenvalue weighted by molar-refractivity contribution is -0.132. The van der Waals surface area contributed by atoms with Gasteiger partial charge in [-0.3, -0.25) is 19.5 Å². The van der Waals surface area contributed by atoms with Gasteiger partial charge in [-0.25, -0.2) is 4.39 Å². The van der Waals surface area contributed by atoms with Crippen molar-refractivity contribution >= 4 is 34.7 Å². The van der Waals surface area contributed by atoms with Crippen LogP contribution in [0.3, 0.4) is 0 Å². The average molecular weight is 409 g/mol. The van der Waals surface area contributed by atoms with Crippen molar-refractivity contribution in [3.63, 3.8) is 0 Å². The number of benzene rings is 2. The lowest BCUT2D eigenvalue weighted by Crippen LogP contribution is -2.29. The number of nitrogens with zero attached hydrogens (tertiary/aromatic N) is 2. The summed E-state index contributed by atoms with van der Waals surface area (Å²) in [5.41, 5.74) is 1.02. The predicted molar refractivity (Wildman–Crippen MR) is 107 cm³/mol. The fourth-order valence-corrected chi connectivity index (χ4v) is 3.48. The van der Waals surface area contributed by atoms with Gasteiger partial charge in [0.1, 0.15) is 11.6 Å². The summed E-state index contributed by atoms with van der Waals surface area (Å²) >= 11 is 5.90. The van der Waals surface area contributed by atoms with Crippen LogP contribution in [0.4, 0.5) is 10.1 Å². The first-order valence-corrected chi connectivity index (χ1v) is 9.07. The summed E-state index contributed by atoms with van der Waals surface area (Å²) in [6.07, 6.45) is 3.03. The number of Topliss-reactive ketones (excluding diaryl/α,β-unsaturated/α-hetero) is 1. The summed E-state index contributed by atoms with van der Waals surface area (Å²) in [6, 6.07) is 14.0. The number of hydrogen-bond acceptors (Lipinski definition) is 4. The van der Waals surface area contributed by atoms with Crippen LogP contribution in [0.25, 0.3) is 5.76 Å². The van der Waals surface area contributed by atoms with Crippen LogP contribution in [0.15, 0.2) is 78.6 Å². The standard InChI is InChI=1S/C22H14ClFN2O3/c23-15-6-4-14(5-7-15)20(27)18-19(13-8-10-25-11-9-13)26(22(29)21(18)28)17-3-1-2-16(24)12-17/h1-12,19,27H/b20-18+. The Morgan fingerprint density at radius 2 is 1.72 bits per heavy atom. The van der Waals surface area contributed by atoms with Gasteiger partial charge in [0.25, 0.3) is 11.7 Å². The summed E-state index contributed by atoms with van der Waals surface area (Å²) in [6.45, 7) is 0. The molecule has 3 aromatic rings. The third kappa shape index (κ3) is 3.39. The van der Waals surface area contributed by atoms with Gasteiger partial charge in [-0.1, -0.05) is 17.7 Å². The molecule has 7 heteroatoms. The minimum atomic E-state index is -0.935. The van der Waals surface area contributed by atoms with Gasteiger partial charge in [0.2, 0.25) is 0 Å². The van der Waals surface area contributed by atoms with Crippen molar-refractivity contribution in [1.82, 2.24) is 4.98 Å². The minimum Gasteiger partial charge on any atom is -0.507 e. The van der Waals surface area contributed by atoms with Crippen LogP contribution >= 0.6 is 11.6 Å². The molecule has 0 radical (unpaired) electrons. The van der Waals surface area contributed by atoms with Crippen LogP contribution in [-0.2, 0) is 9.59 Å². The highest BCUT2D eigenvalue weighted by Crippen LogP contribution is 2.42. The molecule has 1 unspecified atom stereocenters. The number of anilines is 1. The van der Waals surface area contributed by atoms with Crippen molar-refractivity contribution in [3.8, 4) is 0 Å². The van der Waals surface area contributed by atoms with Crippen molar-refractivity contribution in [1.29, 1.82) is 0 Å². The molecular formula is C22H14ClFN2O3. The second kappa shape index (κ2) is 7.48. The fourth-order valence-electron chi connectivity index (χ4n) is 3.35. The van der Waals surface area contributed by atoms with Crippen molar-refractivity contribution in [3.05, 3.63) is 101 Å². The summed E-state index contributed by atoms with van der Waals surface area (Å²) in [7, 11) is 0. The van der Waals surface area contributed by atoms with Gasteiger partial charge < -0.3 is 5.11 Å². The van der Waals surface area contributed by atoms with Gasteiger partial charge in [0.05, 0.1) is 11.6 Å². The normalized spacial score (nSPS) is 18.3. The van der Waals surface area contributed by atoms with E-state index in [-0.39, 0.29) is 17.0 Å². The van der Waals surface area contributed by atoms with Gasteiger partial charge >= 0.3 is 0 Å². The van der Waals surface area contributed by atoms with Gasteiger partial charge in [-0.05, 0) is 60.2 Å². The summed E-state index contributed by atoms with van der Waals surface area (Å²) < 4.78 is 13.8. The van der Waals surface area contributed by atoms with Gasteiger partial charge in [0.15, 0.2) is 0 Å². The SMILES string of the molecule is O=C1C(=O)N(c2cccc(F)c2)C(c2ccncc2)/C1=C(\O)c1ccc(Cl)cc1. The number of aromatic nitrogens is 1. The van der Waals surface area contributed by atoms with E-state index in [0.29, 0.717) is 16.1 Å². The van der Waals surface area contributed by atoms with Crippen LogP contribution in [0.1, 0.15) is 17.2 Å². The molecule has 0 aliphatic carbocycles. The zero-order chi connectivity index (χ0) is 20.5. The van der Waals surface area contributed by atoms with Crippen LogP contribution in [-0.4, -0.2) is 21.8 Å². The van der Waals surface area contributed by atoms with Gasteiger partial charge in [-0.2, -0.15) is 0 Å². The first-order valence-electron chi connectivity index (χ1n) is 8.70. The molecule has 1 saturated heterocycles. The zero-order valence-electron chi connectivity index (χ0n) is 14.9. The Morgan fingerprint density at radius 3 is 2.38 bits per heavy atom. The summed E-state index contributed by atoms with van der Waals surface area (Å²) in [4.78, 5) is 30.9. The lowest BCUT2D eigenvalue weighted by atomic mass is 9.96. The van der Waals surface area contributed by atoms with Crippen LogP contribution in [0, 0.1) is 5.82 Å². The Kier molecular flexibility index (Phi) is 4.86. The maximum absolute atomic E-state index is 13.8. The van der Waals surface area contributed by atoms with E-state index in [2.05, 4.69) is 4.98 Å². The molecule has 1 amide bonds. The second-order valence-electron chi connectivity index (χ2n) is 6.44. The highest BCUT2D eigenvalue weighted by molar-refractivity contribution is 6.51. The number of carbonyl (C=O) groups is 2. The second-order valence-corrected chi connectivity index (χ2v) is 6.87. The average Bonchev–Trinajstić information content (AvgIpc) is 2.99. The highest BCUT2D eigenvalue weighted by atomic mass is 35.5. The molecule has 1 fully saturated rings. The van der Waals surface area contributed by atoms with E-state index in [1.165, 1.54) is 41.6 Å². The van der Waals surface area contributed by atoms with Gasteiger partial charge in [0, 0.05) is 28.7 Å². The zero-order valence-corrected chi connectivity index (χ0v) is 15.7. The molecule has 1 aliphatic heterocycles. The Balaban J connectivity index is 1.94. The third-order valence-corrected chi connectivity index (χ3v) is 4.92. The molecule has 1 atom stereocenters. The number of ketones is 1. The Morgan fingerprint density at radius 1 is 1.03 bits per heavy atom. The van der Waals surface area contributed by atoms with Gasteiger partial charge in [-0.15, -0.1) is 0 Å². The number of amides is 1. The largest absolute Gasteiger partial charge is 0.507 e. The first-order chi connectivity index (χ1) is 14.0. The molecule has 5 nitrogen and oxygen atoms in total. The number of carbonyl (C=O) groups excluding carboxylic acids is 2. The summed E-state index contributed by atoms with van der Waals surface area (Å²) in [5.74, 6) is -2.59. The van der Waals surface area contributed by atoms with Crippen molar-refractivity contribution in [2.45, 2.75) is 6.04 Å². The molecule has 1 N–H and O–H groups in total. The number of hydrogen-bond donors (Lipinski definition) is 1. The Bertz CT molecular complexity index is 1130. The van der Waals surface area contributed by atoms with E-state index >= 15 is 0 Å². The lowest BCUT2D eigenvalue weighted by Gasteiger charge is -2.25. The molecule has 144 valence electrons. The quantitative estimate of drug-likeness (QED) is 0.393. The maximum atomic E-state index is 13.8. The smallest absolute Gasteiger partial charge is 0.300 e. The fraction of sp³-hybridized carbons (Fsp3) is 0.0455. The van der Waals surface area contributed by atoms with E-state index in [1.54, 1.807) is 36.4 Å². The molecule has 0 bridgehead atoms. The Hall–Kier alpha value is -3.51. The number of pyridine rings is 1. The topological polar surface area (TPSA) is 70.5 Å². The van der Waals surface area contributed by atoms with Crippen LogP contribution in [0.2, 0.25) is 5.02 Å². The number of aliphatic hydroxyl groups excluding tert-OH is 1. The monoisotopic (exact) mass is 408 g/mol. The van der Waals surface area contributed by atoms with E-state index in [9.17, 15) is 19.1 Å². The molecular weight excluding hydrogens is 395 g/mol. The number of aliphatic hydroxyl groups is 1. The Labute approximate surface area is 170 Å². The molecule has 0 saturated carbocycles. The van der Waals surface area contributed by atoms with E-state index < -0.39 is 23.5 Å². The number of rotatable bonds is 3. The molecule has 2 aromatic carbocycles. The van der Waals surface area contributed by atoms with Crippen LogP contribution in [0.5, 0.6) is 0 Å². The molecule has 2 heterocycles. The molecule has 1 aliphatic rings. The molecule has 4 rings (SSSR count). The minimum absolute atomic E-state index is 0.0900. The first kappa shape index (κ1) is 18.8. The van der Waals surface area contributed by atoms with Crippen LogP contribution < -0.4 is 4.90 Å². The molecule has 29 heavy (non-hydrogen) atoms. The molecule has 0 spiro atoms. The van der Waals surface area contributed by atoms with E-state index in [4.69, 9.17) is 11.6 Å². The van der Waals surface area contributed by atoms with Crippen molar-refractivity contribution in [2.24, 2.45) is 0 Å². The molecule has 1 aromatic heterocycles. The van der Waals surface area contributed by atoms with Crippen molar-refractivity contribution in [2.75, 3.05) is 4.90 Å². The van der Waals surface area contributed by atoms with E-state index in [1.807, 2.05) is 0 Å². The predicted octanol–water partition coefficient (Wildman–Crippen LogP) is 4.50. The summed E-state index contributed by atoms with van der Waals surface area (Å²) in [5, 5.41) is 11.4. The number of halogens is 2. The third-order valence-electron chi connectivity index (χ3n) is 4.67. The van der Waals surface area contributed by atoms with Crippen molar-refractivity contribution < 1.29 is 19.1 Å². The highest BCUT2D eigenvalue weighted by Gasteiger charge is 2.47.